The van der Waals surface area contributed by atoms with Gasteiger partial charge in [-0.05, 0) is 80.7 Å². The van der Waals surface area contributed by atoms with Crippen LogP contribution in [0.25, 0.3) is 16.9 Å². The summed E-state index contributed by atoms with van der Waals surface area (Å²) in [6.45, 7) is 14.3. The first kappa shape index (κ1) is 44.7. The van der Waals surface area contributed by atoms with E-state index in [1.54, 1.807) is 4.70 Å². The monoisotopic (exact) mass is 740 g/mol. The van der Waals surface area contributed by atoms with Gasteiger partial charge in [-0.2, -0.15) is 0 Å². The van der Waals surface area contributed by atoms with Crippen molar-refractivity contribution in [1.82, 2.24) is 0 Å². The molecule has 1 aliphatic rings. The number of nitrogens with zero attached hydrogens (tertiary/aromatic N) is 2. The molecule has 4 nitrogen and oxygen atoms in total. The molecule has 5 heteroatoms. The van der Waals surface area contributed by atoms with Gasteiger partial charge in [0.25, 0.3) is 0 Å². The van der Waals surface area contributed by atoms with Gasteiger partial charge in [0.2, 0.25) is 11.4 Å². The second kappa shape index (κ2) is 29.0. The summed E-state index contributed by atoms with van der Waals surface area (Å²) in [5.74, 6) is 6.90. The molecule has 0 saturated carbocycles. The van der Waals surface area contributed by atoms with Gasteiger partial charge in [0, 0.05) is 35.1 Å². The number of hydrogen-bond donors (Lipinski definition) is 0. The first-order chi connectivity index (χ1) is 25.1. The predicted molar refractivity (Wildman–Crippen MR) is 215 cm³/mol. The fourth-order valence-electron chi connectivity index (χ4n) is 6.54. The van der Waals surface area contributed by atoms with Gasteiger partial charge in [-0.15, -0.1) is 11.8 Å². The maximum atomic E-state index is 12.1. The van der Waals surface area contributed by atoms with Crippen molar-refractivity contribution in [3.8, 4) is 11.8 Å². The van der Waals surface area contributed by atoms with Gasteiger partial charge in [-0.3, -0.25) is 0 Å². The van der Waals surface area contributed by atoms with Crippen molar-refractivity contribution in [3.63, 3.8) is 0 Å². The standard InChI is InChI=1S/C42H60N2.2C2H5O.Ni/c1-5-9-13-15-16-17-18-19-20-22-28-36-29-23-24-33-38(36)42-40(32-12-8-4)39(31-11-7-3)41(44(42)43)37-30-25-27-35(34-37)26-21-14-10-6-2;2*1-2-3;/h23-25,27,29-30,33-34H,5-18,21-22,26,28,31-32H2,1-4H3;2*2H2,1H3;/q;2*-1;+2. The summed E-state index contributed by atoms with van der Waals surface area (Å²) in [5.41, 5.74) is 21.7. The number of aryl methyl sites for hydroxylation is 2. The third kappa shape index (κ3) is 16.8. The molecule has 0 atom stereocenters. The van der Waals surface area contributed by atoms with E-state index in [4.69, 9.17) is 7.76 Å². The molecule has 0 amide bonds. The zero-order valence-electron chi connectivity index (χ0n) is 33.2. The summed E-state index contributed by atoms with van der Waals surface area (Å²) in [6, 6.07) is 17.7. The Kier molecular flexibility index (Phi) is 25.4. The third-order valence-corrected chi connectivity index (χ3v) is 10.1. The van der Waals surface area contributed by atoms with E-state index < -0.39 is 0 Å². The van der Waals surface area contributed by atoms with Gasteiger partial charge in [-0.25, -0.2) is 4.70 Å². The molecule has 0 fully saturated rings. The number of rotatable bonds is 25. The van der Waals surface area contributed by atoms with Crippen molar-refractivity contribution >= 4 is 11.4 Å². The molecule has 2 aromatic rings. The number of unbranched alkanes of at least 4 members (excludes halogenated alkanes) is 11. The molecule has 1 heterocycles. The van der Waals surface area contributed by atoms with Crippen LogP contribution in [0.15, 0.2) is 59.7 Å². The Morgan fingerprint density at radius 3 is 1.82 bits per heavy atom. The van der Waals surface area contributed by atoms with Crippen LogP contribution < -0.4 is 0 Å². The molecule has 0 bridgehead atoms. The SMILES string of the molecule is CCCCCCCCC#CCCc1ccccc1C1=C(CCCC)C(CCCC)=C(c2cccc(CCCCCC)c2)[N+]1=[N-].CC[O][Ni][O]CC. The van der Waals surface area contributed by atoms with E-state index in [-0.39, 0.29) is 0 Å². The van der Waals surface area contributed by atoms with Crippen molar-refractivity contribution in [1.29, 1.82) is 0 Å². The van der Waals surface area contributed by atoms with E-state index in [1.165, 1.54) is 92.0 Å². The second-order valence-corrected chi connectivity index (χ2v) is 14.3. The zero-order chi connectivity index (χ0) is 36.9. The van der Waals surface area contributed by atoms with Gasteiger partial charge in [0.05, 0.1) is 0 Å². The van der Waals surface area contributed by atoms with Gasteiger partial charge in [0.15, 0.2) is 0 Å². The van der Waals surface area contributed by atoms with Crippen LogP contribution in [0.3, 0.4) is 0 Å². The Morgan fingerprint density at radius 2 is 1.16 bits per heavy atom. The Labute approximate surface area is 320 Å². The fraction of sp³-hybridized carbons (Fsp3) is 0.609. The summed E-state index contributed by atoms with van der Waals surface area (Å²) in [7, 11) is 0. The van der Waals surface area contributed by atoms with Crippen molar-refractivity contribution in [2.75, 3.05) is 13.2 Å². The van der Waals surface area contributed by atoms with Gasteiger partial charge in [0.1, 0.15) is 0 Å². The molecular weight excluding hydrogens is 671 g/mol. The number of allylic oxidation sites excluding steroid dienone is 2. The maximum absolute atomic E-state index is 12.1. The molecule has 1 aliphatic heterocycles. The number of hydrogen-bond acceptors (Lipinski definition) is 2. The van der Waals surface area contributed by atoms with Gasteiger partial charge >= 0.3 is 49.9 Å². The van der Waals surface area contributed by atoms with Crippen LogP contribution in [-0.2, 0) is 35.7 Å². The Balaban J connectivity index is 0.00000116. The zero-order valence-corrected chi connectivity index (χ0v) is 34.2. The molecule has 286 valence electrons. The first-order valence-corrected chi connectivity index (χ1v) is 21.3. The van der Waals surface area contributed by atoms with Crippen molar-refractivity contribution < 1.29 is 27.5 Å². The Morgan fingerprint density at radius 1 is 0.569 bits per heavy atom. The van der Waals surface area contributed by atoms with Gasteiger partial charge < -0.3 is 5.53 Å². The number of benzene rings is 2. The fourth-order valence-corrected chi connectivity index (χ4v) is 6.86. The molecular formula is C46H70N2NiO2. The van der Waals surface area contributed by atoms with Crippen LogP contribution in [0, 0.1) is 11.8 Å². The molecule has 2 aromatic carbocycles. The minimum absolute atomic E-state index is 0.708. The normalized spacial score (nSPS) is 12.7. The molecule has 0 saturated heterocycles. The van der Waals surface area contributed by atoms with Gasteiger partial charge in [-0.1, -0.05) is 122 Å². The summed E-state index contributed by atoms with van der Waals surface area (Å²) in [6.07, 6.45) is 23.4. The van der Waals surface area contributed by atoms with E-state index >= 15 is 0 Å². The van der Waals surface area contributed by atoms with Crippen LogP contribution in [0.5, 0.6) is 0 Å². The van der Waals surface area contributed by atoms with Crippen LogP contribution in [-0.4, -0.2) is 17.9 Å². The van der Waals surface area contributed by atoms with Crippen molar-refractivity contribution in [2.24, 2.45) is 0 Å². The van der Waals surface area contributed by atoms with Crippen LogP contribution in [0.1, 0.15) is 179 Å². The predicted octanol–water partition coefficient (Wildman–Crippen LogP) is 14.0. The summed E-state index contributed by atoms with van der Waals surface area (Å²) >= 11 is 0.899. The van der Waals surface area contributed by atoms with Crippen LogP contribution >= 0.6 is 0 Å². The van der Waals surface area contributed by atoms with E-state index in [9.17, 15) is 5.53 Å². The topological polar surface area (TPSA) is 43.8 Å². The Bertz CT molecular complexity index is 1380. The van der Waals surface area contributed by atoms with Crippen LogP contribution in [0.2, 0.25) is 0 Å². The summed E-state index contributed by atoms with van der Waals surface area (Å²) in [5, 5.41) is 0. The molecule has 0 spiro atoms. The molecule has 51 heavy (non-hydrogen) atoms. The average molecular weight is 742 g/mol. The quantitative estimate of drug-likeness (QED) is 0.0440. The van der Waals surface area contributed by atoms with Crippen molar-refractivity contribution in [3.05, 3.63) is 87.5 Å². The Hall–Kier alpha value is -2.51. The summed E-state index contributed by atoms with van der Waals surface area (Å²) in [4.78, 5) is 0. The first-order valence-electron chi connectivity index (χ1n) is 20.5. The van der Waals surface area contributed by atoms with Crippen LogP contribution in [0.4, 0.5) is 0 Å². The minimum atomic E-state index is 0.708. The molecule has 3 rings (SSSR count). The van der Waals surface area contributed by atoms with E-state index in [1.807, 2.05) is 13.8 Å². The second-order valence-electron chi connectivity index (χ2n) is 13.5. The summed E-state index contributed by atoms with van der Waals surface area (Å²) < 4.78 is 11.1. The molecule has 0 radical (unpaired) electrons. The average Bonchev–Trinajstić information content (AvgIpc) is 3.43. The van der Waals surface area contributed by atoms with E-state index in [2.05, 4.69) is 88.1 Å². The van der Waals surface area contributed by atoms with E-state index in [0.29, 0.717) is 13.2 Å². The molecule has 0 N–H and O–H groups in total. The van der Waals surface area contributed by atoms with E-state index in [0.717, 1.165) is 96.2 Å². The van der Waals surface area contributed by atoms with Crippen molar-refractivity contribution in [2.45, 2.75) is 170 Å². The third-order valence-electron chi connectivity index (χ3n) is 9.27. The molecule has 0 aliphatic carbocycles. The molecule has 0 aromatic heterocycles. The molecule has 0 unspecified atom stereocenters.